The van der Waals surface area contributed by atoms with Crippen LogP contribution in [-0.4, -0.2) is 61.5 Å². The first kappa shape index (κ1) is 33.5. The van der Waals surface area contributed by atoms with Gasteiger partial charge in [0.2, 0.25) is 0 Å². The van der Waals surface area contributed by atoms with Crippen LogP contribution in [0.25, 0.3) is 0 Å². The second-order valence-corrected chi connectivity index (χ2v) is 18.8. The molecule has 8 N–H and O–H groups in total. The third-order valence-corrected chi connectivity index (χ3v) is 15.5. The van der Waals surface area contributed by atoms with Crippen LogP contribution in [0.2, 0.25) is 0 Å². The molecule has 9 fully saturated rings. The lowest BCUT2D eigenvalue weighted by molar-refractivity contribution is -0.0875. The van der Waals surface area contributed by atoms with E-state index < -0.39 is 0 Å². The van der Waals surface area contributed by atoms with Gasteiger partial charge >= 0.3 is 0 Å². The number of fused-ring (bicyclic) bond motifs is 20. The Balaban J connectivity index is 1.02. The zero-order chi connectivity index (χ0) is 32.5. The van der Waals surface area contributed by atoms with Crippen LogP contribution >= 0.6 is 0 Å². The Kier molecular flexibility index (Phi) is 9.68. The summed E-state index contributed by atoms with van der Waals surface area (Å²) >= 11 is 0. The molecule has 8 bridgehead atoms. The Morgan fingerprint density at radius 3 is 0.917 bits per heavy atom. The Bertz CT molecular complexity index is 1100. The maximum absolute atomic E-state index is 6.99. The van der Waals surface area contributed by atoms with E-state index in [1.165, 1.54) is 89.9 Å². The van der Waals surface area contributed by atoms with E-state index in [0.717, 1.165) is 18.3 Å². The van der Waals surface area contributed by atoms with Crippen molar-refractivity contribution in [1.29, 1.82) is 0 Å². The maximum atomic E-state index is 6.99. The quantitative estimate of drug-likeness (QED) is 0.223. The van der Waals surface area contributed by atoms with Gasteiger partial charge in [-0.25, -0.2) is 0 Å². The summed E-state index contributed by atoms with van der Waals surface area (Å²) in [7, 11) is 0. The summed E-state index contributed by atoms with van der Waals surface area (Å²) < 4.78 is 6.99. The SMILES string of the molecule is CC(C)C(OC1CCC2C3NC4NC(NC5NC(NC6NC(NC(N3)C2C1)C1CCCCC61)C1CCCCC51)C1CCCCC41)C(C)C. The van der Waals surface area contributed by atoms with Crippen molar-refractivity contribution in [2.24, 2.45) is 59.2 Å². The number of ether oxygens (including phenoxy) is 1. The Labute approximate surface area is 291 Å². The largest absolute Gasteiger partial charge is 0.374 e. The predicted octanol–water partition coefficient (Wildman–Crippen LogP) is 4.28. The molecule has 272 valence electrons. The highest BCUT2D eigenvalue weighted by atomic mass is 16.5. The molecule has 48 heavy (non-hydrogen) atoms. The lowest BCUT2D eigenvalue weighted by Gasteiger charge is -2.39. The normalized spacial score (nSPS) is 51.9. The topological polar surface area (TPSA) is 105 Å². The maximum Gasteiger partial charge on any atom is 0.0629 e. The van der Waals surface area contributed by atoms with E-state index in [9.17, 15) is 0 Å². The van der Waals surface area contributed by atoms with Crippen molar-refractivity contribution < 1.29 is 4.74 Å². The number of hydrogen-bond donors (Lipinski definition) is 8. The van der Waals surface area contributed by atoms with E-state index in [1.54, 1.807) is 0 Å². The Hall–Kier alpha value is -0.360. The van der Waals surface area contributed by atoms with E-state index in [2.05, 4.69) is 70.2 Å². The molecule has 9 nitrogen and oxygen atoms in total. The summed E-state index contributed by atoms with van der Waals surface area (Å²) in [6.07, 6.45) is 23.6. The van der Waals surface area contributed by atoms with Gasteiger partial charge in [0.15, 0.2) is 0 Å². The van der Waals surface area contributed by atoms with Crippen molar-refractivity contribution >= 4 is 0 Å². The average molecular weight is 667 g/mol. The van der Waals surface area contributed by atoms with Gasteiger partial charge in [-0.15, -0.1) is 0 Å². The van der Waals surface area contributed by atoms with Crippen molar-refractivity contribution in [1.82, 2.24) is 42.5 Å². The van der Waals surface area contributed by atoms with Gasteiger partial charge in [0.05, 0.1) is 61.5 Å². The van der Waals surface area contributed by atoms with Crippen LogP contribution in [0.5, 0.6) is 0 Å². The smallest absolute Gasteiger partial charge is 0.0629 e. The summed E-state index contributed by atoms with van der Waals surface area (Å²) in [6, 6.07) is 0. The van der Waals surface area contributed by atoms with Gasteiger partial charge in [-0.2, -0.15) is 0 Å². The summed E-state index contributed by atoms with van der Waals surface area (Å²) in [5.41, 5.74) is 0. The molecule has 0 amide bonds. The molecule has 9 rings (SSSR count). The third kappa shape index (κ3) is 6.15. The summed E-state index contributed by atoms with van der Waals surface area (Å²) in [4.78, 5) is 0. The predicted molar refractivity (Wildman–Crippen MR) is 191 cm³/mol. The van der Waals surface area contributed by atoms with Crippen molar-refractivity contribution in [2.75, 3.05) is 0 Å². The van der Waals surface area contributed by atoms with E-state index >= 15 is 0 Å². The number of nitrogens with one attached hydrogen (secondary N) is 8. The van der Waals surface area contributed by atoms with Crippen molar-refractivity contribution in [3.05, 3.63) is 0 Å². The van der Waals surface area contributed by atoms with E-state index in [1.807, 2.05) is 0 Å². The molecule has 9 aliphatic rings. The molecule has 5 aliphatic heterocycles. The van der Waals surface area contributed by atoms with Crippen molar-refractivity contribution in [2.45, 2.75) is 186 Å². The van der Waals surface area contributed by atoms with Gasteiger partial charge in [0, 0.05) is 0 Å². The fourth-order valence-electron chi connectivity index (χ4n) is 13.4. The van der Waals surface area contributed by atoms with Crippen molar-refractivity contribution in [3.8, 4) is 0 Å². The molecule has 0 aromatic heterocycles. The fraction of sp³-hybridized carbons (Fsp3) is 1.00. The second kappa shape index (κ2) is 13.9. The van der Waals surface area contributed by atoms with Gasteiger partial charge in [0.25, 0.3) is 0 Å². The lowest BCUT2D eigenvalue weighted by atomic mass is 9.76. The molecular formula is C39H70N8O. The van der Waals surface area contributed by atoms with E-state index in [4.69, 9.17) is 4.74 Å². The Morgan fingerprint density at radius 1 is 0.354 bits per heavy atom. The van der Waals surface area contributed by atoms with Crippen LogP contribution in [0.15, 0.2) is 0 Å². The van der Waals surface area contributed by atoms with Crippen LogP contribution in [0.3, 0.4) is 0 Å². The second-order valence-electron chi connectivity index (χ2n) is 18.8. The van der Waals surface area contributed by atoms with Crippen LogP contribution in [0.4, 0.5) is 0 Å². The molecule has 0 spiro atoms. The molecule has 5 saturated heterocycles. The zero-order valence-corrected chi connectivity index (χ0v) is 30.6. The summed E-state index contributed by atoms with van der Waals surface area (Å²) in [6.45, 7) is 9.38. The first-order valence-corrected chi connectivity index (χ1v) is 21.1. The van der Waals surface area contributed by atoms with Gasteiger partial charge in [-0.1, -0.05) is 66.2 Å². The molecule has 0 aromatic carbocycles. The average Bonchev–Trinajstić information content (AvgIpc) is 3.82. The number of hydrogen-bond acceptors (Lipinski definition) is 9. The van der Waals surface area contributed by atoms with E-state index in [-0.39, 0.29) is 0 Å². The highest BCUT2D eigenvalue weighted by Crippen LogP contribution is 2.46. The molecule has 17 atom stereocenters. The molecule has 5 heterocycles. The summed E-state index contributed by atoms with van der Waals surface area (Å²) in [5.74, 6) is 6.57. The monoisotopic (exact) mass is 667 g/mol. The third-order valence-electron chi connectivity index (χ3n) is 15.5. The van der Waals surface area contributed by atoms with Gasteiger partial charge in [-0.3, -0.25) is 42.5 Å². The van der Waals surface area contributed by atoms with Gasteiger partial charge < -0.3 is 4.74 Å². The molecule has 0 radical (unpaired) electrons. The highest BCUT2D eigenvalue weighted by molar-refractivity contribution is 5.08. The van der Waals surface area contributed by atoms with Crippen LogP contribution in [-0.2, 0) is 4.74 Å². The molecule has 4 saturated carbocycles. The zero-order valence-electron chi connectivity index (χ0n) is 30.6. The fourth-order valence-corrected chi connectivity index (χ4v) is 13.4. The van der Waals surface area contributed by atoms with Crippen LogP contribution in [0.1, 0.15) is 124 Å². The van der Waals surface area contributed by atoms with Crippen LogP contribution in [0, 0.1) is 59.2 Å². The van der Waals surface area contributed by atoms with Gasteiger partial charge in [-0.05, 0) is 117 Å². The minimum atomic E-state index is 0.302. The molecule has 9 heteroatoms. The van der Waals surface area contributed by atoms with Crippen molar-refractivity contribution in [3.63, 3.8) is 0 Å². The molecular weight excluding hydrogens is 596 g/mol. The summed E-state index contributed by atoms with van der Waals surface area (Å²) in [5, 5.41) is 34.1. The van der Waals surface area contributed by atoms with Gasteiger partial charge in [0.1, 0.15) is 0 Å². The minimum Gasteiger partial charge on any atom is -0.374 e. The lowest BCUT2D eigenvalue weighted by Crippen LogP contribution is -2.61. The molecule has 17 unspecified atom stereocenters. The Morgan fingerprint density at radius 2 is 0.625 bits per heavy atom. The molecule has 4 aliphatic carbocycles. The standard InChI is InChI=1S/C39H70N8O/c1-20(2)31(21(3)4)48-22-17-18-29-30(19-22)39-46-37-28-16-10-9-15-27(28)35(44-37)42-33-24-12-6-5-11-23(24)32(40-33)41-34-25-13-7-8-14-26(25)36(43-34)45-38(29)47-39/h20-47H,5-19H2,1-4H3. The highest BCUT2D eigenvalue weighted by Gasteiger charge is 2.55. The minimum absolute atomic E-state index is 0.302. The number of rotatable bonds is 4. The first-order valence-electron chi connectivity index (χ1n) is 21.1. The molecule has 0 aromatic rings. The van der Waals surface area contributed by atoms with Crippen LogP contribution < -0.4 is 42.5 Å². The van der Waals surface area contributed by atoms with E-state index in [0.29, 0.717) is 109 Å². The first-order chi connectivity index (χ1) is 23.4.